The van der Waals surface area contributed by atoms with Crippen LogP contribution < -0.4 is 14.8 Å². The number of aromatic nitrogens is 2. The highest BCUT2D eigenvalue weighted by Gasteiger charge is 2.16. The van der Waals surface area contributed by atoms with Gasteiger partial charge in [0.2, 0.25) is 0 Å². The van der Waals surface area contributed by atoms with Crippen LogP contribution in [-0.4, -0.2) is 29.6 Å². The van der Waals surface area contributed by atoms with Crippen LogP contribution in [0.15, 0.2) is 46.5 Å². The van der Waals surface area contributed by atoms with Crippen LogP contribution in [0, 0.1) is 0 Å². The second kappa shape index (κ2) is 8.29. The molecule has 0 atom stereocenters. The number of ether oxygens (including phenoxy) is 2. The number of methoxy groups -OCH3 is 1. The van der Waals surface area contributed by atoms with Gasteiger partial charge in [-0.1, -0.05) is 0 Å². The first-order valence-electron chi connectivity index (χ1n) is 7.80. The third kappa shape index (κ3) is 4.03. The molecule has 0 aliphatic rings. The predicted molar refractivity (Wildman–Crippen MR) is 105 cm³/mol. The zero-order chi connectivity index (χ0) is 18.5. The molecule has 0 bridgehead atoms. The van der Waals surface area contributed by atoms with E-state index in [-0.39, 0.29) is 5.91 Å². The van der Waals surface area contributed by atoms with E-state index in [4.69, 9.17) is 9.47 Å². The van der Waals surface area contributed by atoms with Gasteiger partial charge in [0.15, 0.2) is 16.6 Å². The molecule has 0 unspecified atom stereocenters. The summed E-state index contributed by atoms with van der Waals surface area (Å²) in [5.74, 6) is 0.784. The number of pyridine rings is 1. The van der Waals surface area contributed by atoms with Crippen molar-refractivity contribution in [2.75, 3.05) is 19.0 Å². The number of thiazole rings is 1. The summed E-state index contributed by atoms with van der Waals surface area (Å²) < 4.78 is 11.5. The van der Waals surface area contributed by atoms with E-state index in [0.717, 1.165) is 11.3 Å². The first kappa shape index (κ1) is 18.3. The second-order valence-electron chi connectivity index (χ2n) is 5.15. The monoisotopic (exact) mass is 433 g/mol. The maximum atomic E-state index is 12.6. The lowest BCUT2D eigenvalue weighted by molar-refractivity contribution is 0.102. The van der Waals surface area contributed by atoms with Crippen LogP contribution in [0.5, 0.6) is 11.5 Å². The van der Waals surface area contributed by atoms with Crippen molar-refractivity contribution >= 4 is 38.3 Å². The number of nitrogens with zero attached hydrogens (tertiary/aromatic N) is 2. The van der Waals surface area contributed by atoms with Crippen LogP contribution >= 0.6 is 27.3 Å². The summed E-state index contributed by atoms with van der Waals surface area (Å²) in [4.78, 5) is 21.0. The molecule has 134 valence electrons. The first-order chi connectivity index (χ1) is 12.6. The summed E-state index contributed by atoms with van der Waals surface area (Å²) in [6, 6.07) is 7.08. The highest BCUT2D eigenvalue weighted by Crippen LogP contribution is 2.37. The summed E-state index contributed by atoms with van der Waals surface area (Å²) in [6.45, 7) is 2.38. The van der Waals surface area contributed by atoms with Crippen LogP contribution in [0.4, 0.5) is 5.13 Å². The van der Waals surface area contributed by atoms with Crippen molar-refractivity contribution < 1.29 is 14.3 Å². The van der Waals surface area contributed by atoms with Crippen molar-refractivity contribution in [2.45, 2.75) is 6.92 Å². The molecule has 1 N–H and O–H groups in total. The minimum atomic E-state index is -0.275. The van der Waals surface area contributed by atoms with Gasteiger partial charge in [-0.05, 0) is 47.1 Å². The third-order valence-electron chi connectivity index (χ3n) is 3.48. The van der Waals surface area contributed by atoms with Gasteiger partial charge in [-0.25, -0.2) is 4.98 Å². The number of amides is 1. The van der Waals surface area contributed by atoms with Crippen molar-refractivity contribution in [2.24, 2.45) is 0 Å². The quantitative estimate of drug-likeness (QED) is 0.613. The molecule has 1 aromatic carbocycles. The number of hydrogen-bond donors (Lipinski definition) is 1. The fourth-order valence-electron chi connectivity index (χ4n) is 2.29. The maximum absolute atomic E-state index is 12.6. The number of anilines is 1. The molecule has 0 spiro atoms. The molecule has 2 aromatic heterocycles. The normalized spacial score (nSPS) is 10.4. The van der Waals surface area contributed by atoms with E-state index in [1.54, 1.807) is 24.5 Å². The van der Waals surface area contributed by atoms with E-state index < -0.39 is 0 Å². The molecule has 2 heterocycles. The zero-order valence-corrected chi connectivity index (χ0v) is 16.6. The van der Waals surface area contributed by atoms with Crippen LogP contribution in [0.3, 0.4) is 0 Å². The molecule has 0 saturated heterocycles. The number of benzene rings is 1. The van der Waals surface area contributed by atoms with Gasteiger partial charge >= 0.3 is 0 Å². The van der Waals surface area contributed by atoms with Crippen molar-refractivity contribution in [3.8, 4) is 22.8 Å². The van der Waals surface area contributed by atoms with Gasteiger partial charge in [0.25, 0.3) is 5.91 Å². The topological polar surface area (TPSA) is 73.3 Å². The average molecular weight is 434 g/mol. The minimum absolute atomic E-state index is 0.275. The number of carbonyl (C=O) groups is 1. The zero-order valence-electron chi connectivity index (χ0n) is 14.2. The number of halogens is 1. The van der Waals surface area contributed by atoms with Crippen molar-refractivity contribution in [1.29, 1.82) is 0 Å². The average Bonchev–Trinajstić information content (AvgIpc) is 3.12. The number of rotatable bonds is 6. The molecular weight excluding hydrogens is 418 g/mol. The van der Waals surface area contributed by atoms with Gasteiger partial charge in [0.05, 0.1) is 23.9 Å². The standard InChI is InChI=1S/C18H16BrN3O3S/c1-3-25-16-13(19)8-12(9-15(16)24-2)17(23)22-18-21-14(10-26-18)11-4-6-20-7-5-11/h4-10H,3H2,1-2H3,(H,21,22,23). The van der Waals surface area contributed by atoms with Crippen molar-refractivity contribution in [1.82, 2.24) is 9.97 Å². The van der Waals surface area contributed by atoms with Crippen LogP contribution in [-0.2, 0) is 0 Å². The van der Waals surface area contributed by atoms with Gasteiger partial charge in [-0.15, -0.1) is 11.3 Å². The molecule has 0 aliphatic carbocycles. The Balaban J connectivity index is 1.80. The second-order valence-corrected chi connectivity index (χ2v) is 6.86. The molecule has 26 heavy (non-hydrogen) atoms. The molecule has 8 heteroatoms. The van der Waals surface area contributed by atoms with Crippen LogP contribution in [0.25, 0.3) is 11.3 Å². The van der Waals surface area contributed by atoms with E-state index in [0.29, 0.717) is 33.3 Å². The molecule has 0 aliphatic heterocycles. The van der Waals surface area contributed by atoms with E-state index in [2.05, 4.69) is 31.2 Å². The molecule has 3 rings (SSSR count). The SMILES string of the molecule is CCOc1c(Br)cc(C(=O)Nc2nc(-c3ccncc3)cs2)cc1OC. The number of nitrogens with one attached hydrogen (secondary N) is 1. The lowest BCUT2D eigenvalue weighted by atomic mass is 10.2. The summed E-state index contributed by atoms with van der Waals surface area (Å²) in [5, 5.41) is 5.22. The summed E-state index contributed by atoms with van der Waals surface area (Å²) in [5.41, 5.74) is 2.18. The van der Waals surface area contributed by atoms with Crippen molar-refractivity contribution in [3.63, 3.8) is 0 Å². The molecule has 3 aromatic rings. The highest BCUT2D eigenvalue weighted by molar-refractivity contribution is 9.10. The Labute approximate surface area is 163 Å². The third-order valence-corrected chi connectivity index (χ3v) is 4.83. The van der Waals surface area contributed by atoms with Gasteiger partial charge in [0.1, 0.15) is 0 Å². The lowest BCUT2D eigenvalue weighted by Gasteiger charge is -2.13. The molecule has 1 amide bonds. The highest BCUT2D eigenvalue weighted by atomic mass is 79.9. The fourth-order valence-corrected chi connectivity index (χ4v) is 3.56. The van der Waals surface area contributed by atoms with E-state index >= 15 is 0 Å². The minimum Gasteiger partial charge on any atom is -0.493 e. The van der Waals surface area contributed by atoms with Gasteiger partial charge in [-0.2, -0.15) is 0 Å². The van der Waals surface area contributed by atoms with Gasteiger partial charge in [0, 0.05) is 28.9 Å². The predicted octanol–water partition coefficient (Wildman–Crippen LogP) is 4.63. The molecule has 0 radical (unpaired) electrons. The number of hydrogen-bond acceptors (Lipinski definition) is 6. The lowest BCUT2D eigenvalue weighted by Crippen LogP contribution is -2.12. The first-order valence-corrected chi connectivity index (χ1v) is 9.47. The largest absolute Gasteiger partial charge is 0.493 e. The van der Waals surface area contributed by atoms with Gasteiger partial charge < -0.3 is 9.47 Å². The van der Waals surface area contributed by atoms with E-state index in [9.17, 15) is 4.79 Å². The molecule has 0 saturated carbocycles. The summed E-state index contributed by atoms with van der Waals surface area (Å²) >= 11 is 4.79. The summed E-state index contributed by atoms with van der Waals surface area (Å²) in [6.07, 6.45) is 3.41. The Hall–Kier alpha value is -2.45. The van der Waals surface area contributed by atoms with Crippen molar-refractivity contribution in [3.05, 3.63) is 52.1 Å². The van der Waals surface area contributed by atoms with E-state index in [1.165, 1.54) is 18.4 Å². The maximum Gasteiger partial charge on any atom is 0.257 e. The molecule has 6 nitrogen and oxygen atoms in total. The Bertz CT molecular complexity index is 915. The van der Waals surface area contributed by atoms with Crippen LogP contribution in [0.2, 0.25) is 0 Å². The molecule has 0 fully saturated rings. The van der Waals surface area contributed by atoms with Crippen LogP contribution in [0.1, 0.15) is 17.3 Å². The Morgan fingerprint density at radius 1 is 1.31 bits per heavy atom. The Kier molecular flexibility index (Phi) is 5.85. The number of carbonyl (C=O) groups excluding carboxylic acids is 1. The summed E-state index contributed by atoms with van der Waals surface area (Å²) in [7, 11) is 1.54. The fraction of sp³-hybridized carbons (Fsp3) is 0.167. The van der Waals surface area contributed by atoms with E-state index in [1.807, 2.05) is 24.4 Å². The molecular formula is C18H16BrN3O3S. The van der Waals surface area contributed by atoms with Gasteiger partial charge in [-0.3, -0.25) is 15.1 Å². The Morgan fingerprint density at radius 2 is 2.08 bits per heavy atom. The Morgan fingerprint density at radius 3 is 2.77 bits per heavy atom. The smallest absolute Gasteiger partial charge is 0.257 e.